The van der Waals surface area contributed by atoms with E-state index >= 15 is 0 Å². The summed E-state index contributed by atoms with van der Waals surface area (Å²) in [5.74, 6) is 1.67. The van der Waals surface area contributed by atoms with Gasteiger partial charge in [-0.05, 0) is 48.9 Å². The maximum absolute atomic E-state index is 12.5. The first-order chi connectivity index (χ1) is 12.6. The van der Waals surface area contributed by atoms with E-state index in [9.17, 15) is 4.79 Å². The van der Waals surface area contributed by atoms with E-state index in [2.05, 4.69) is 31.0 Å². The van der Waals surface area contributed by atoms with Crippen molar-refractivity contribution >= 4 is 27.5 Å². The number of amides is 1. The smallest absolute Gasteiger partial charge is 0.274 e. The van der Waals surface area contributed by atoms with Crippen LogP contribution in [0.5, 0.6) is 5.75 Å². The van der Waals surface area contributed by atoms with Gasteiger partial charge in [-0.25, -0.2) is 4.85 Å². The molecule has 2 heterocycles. The summed E-state index contributed by atoms with van der Waals surface area (Å²) in [6, 6.07) is 8.91. The highest BCUT2D eigenvalue weighted by molar-refractivity contribution is 9.10. The summed E-state index contributed by atoms with van der Waals surface area (Å²) in [7, 11) is 0. The van der Waals surface area contributed by atoms with Crippen LogP contribution in [0.1, 0.15) is 23.3 Å². The van der Waals surface area contributed by atoms with Gasteiger partial charge in [0, 0.05) is 23.8 Å². The van der Waals surface area contributed by atoms with Crippen molar-refractivity contribution in [3.8, 4) is 5.75 Å². The van der Waals surface area contributed by atoms with E-state index in [1.54, 1.807) is 24.4 Å². The third kappa shape index (κ3) is 3.29. The van der Waals surface area contributed by atoms with Crippen molar-refractivity contribution in [2.75, 3.05) is 13.1 Å². The van der Waals surface area contributed by atoms with Crippen LogP contribution in [0.3, 0.4) is 0 Å². The molecule has 7 heteroatoms. The van der Waals surface area contributed by atoms with Crippen LogP contribution < -0.4 is 4.74 Å². The minimum absolute atomic E-state index is 0.0383. The number of aromatic nitrogens is 2. The molecule has 6 nitrogen and oxygen atoms in total. The van der Waals surface area contributed by atoms with Crippen molar-refractivity contribution in [1.82, 2.24) is 15.1 Å². The van der Waals surface area contributed by atoms with E-state index in [1.807, 2.05) is 17.0 Å². The summed E-state index contributed by atoms with van der Waals surface area (Å²) in [5, 5.41) is 7.71. The Labute approximate surface area is 160 Å². The zero-order valence-corrected chi connectivity index (χ0v) is 15.6. The molecule has 1 aliphatic carbocycles. The molecule has 26 heavy (non-hydrogen) atoms. The van der Waals surface area contributed by atoms with Gasteiger partial charge >= 0.3 is 0 Å². The number of carbonyl (C=O) groups is 1. The number of rotatable bonds is 3. The molecule has 2 aromatic rings. The molecular formula is C19H17BrN4O2. The fourth-order valence-electron chi connectivity index (χ4n) is 3.93. The molecule has 1 aromatic heterocycles. The minimum atomic E-state index is -0.0383. The molecular weight excluding hydrogens is 396 g/mol. The second-order valence-corrected chi connectivity index (χ2v) is 7.63. The first kappa shape index (κ1) is 17.0. The van der Waals surface area contributed by atoms with Crippen molar-refractivity contribution < 1.29 is 9.53 Å². The maximum Gasteiger partial charge on any atom is 0.274 e. The Hall–Kier alpha value is -2.46. The van der Waals surface area contributed by atoms with Crippen LogP contribution >= 0.6 is 15.9 Å². The van der Waals surface area contributed by atoms with Crippen LogP contribution in [0.25, 0.3) is 4.85 Å². The lowest BCUT2D eigenvalue weighted by Crippen LogP contribution is -2.31. The highest BCUT2D eigenvalue weighted by atomic mass is 79.9. The van der Waals surface area contributed by atoms with Gasteiger partial charge in [0.1, 0.15) is 5.75 Å². The average Bonchev–Trinajstić information content (AvgIpc) is 3.20. The lowest BCUT2D eigenvalue weighted by Gasteiger charge is -2.20. The number of hydrogen-bond donors (Lipinski definition) is 0. The number of fused-ring (bicyclic) bond motifs is 1. The number of benzene rings is 1. The Bertz CT molecular complexity index is 854. The molecule has 2 unspecified atom stereocenters. The van der Waals surface area contributed by atoms with Gasteiger partial charge in [0.2, 0.25) is 5.69 Å². The molecule has 0 spiro atoms. The largest absolute Gasteiger partial charge is 0.490 e. The summed E-state index contributed by atoms with van der Waals surface area (Å²) in [6.45, 7) is 8.59. The molecule has 0 N–H and O–H groups in total. The van der Waals surface area contributed by atoms with Crippen LogP contribution in [-0.4, -0.2) is 40.2 Å². The molecule has 0 radical (unpaired) electrons. The molecule has 2 fully saturated rings. The van der Waals surface area contributed by atoms with Gasteiger partial charge in [-0.1, -0.05) is 22.0 Å². The summed E-state index contributed by atoms with van der Waals surface area (Å²) in [6.07, 6.45) is 3.61. The molecule has 1 aromatic carbocycles. The molecule has 0 bridgehead atoms. The van der Waals surface area contributed by atoms with Gasteiger partial charge in [-0.3, -0.25) is 4.79 Å². The molecule has 2 atom stereocenters. The molecule has 1 amide bonds. The predicted molar refractivity (Wildman–Crippen MR) is 99.0 cm³/mol. The van der Waals surface area contributed by atoms with E-state index in [1.165, 1.54) is 0 Å². The number of ether oxygens (including phenoxy) is 1. The molecule has 1 saturated carbocycles. The Morgan fingerprint density at radius 1 is 1.27 bits per heavy atom. The number of halogens is 1. The third-order valence-corrected chi connectivity index (χ3v) is 5.76. The number of nitrogens with zero attached hydrogens (tertiary/aromatic N) is 4. The first-order valence-corrected chi connectivity index (χ1v) is 9.34. The Balaban J connectivity index is 1.36. The fraction of sp³-hybridized carbons (Fsp3) is 0.368. The third-order valence-electron chi connectivity index (χ3n) is 5.13. The molecule has 1 aliphatic heterocycles. The lowest BCUT2D eigenvalue weighted by atomic mass is 10.0. The van der Waals surface area contributed by atoms with E-state index in [4.69, 9.17) is 11.3 Å². The fourth-order valence-corrected chi connectivity index (χ4v) is 4.37. The van der Waals surface area contributed by atoms with Crippen LogP contribution in [-0.2, 0) is 0 Å². The SMILES string of the molecule is [C-]#[N+]c1ccc(OC2CC3CN(C(=O)c4cccnn4)CC3C2)cc1Br. The Morgan fingerprint density at radius 2 is 2.04 bits per heavy atom. The Kier molecular flexibility index (Phi) is 4.60. The number of carbonyl (C=O) groups excluding carboxylic acids is 1. The minimum Gasteiger partial charge on any atom is -0.490 e. The highest BCUT2D eigenvalue weighted by Crippen LogP contribution is 2.40. The zero-order chi connectivity index (χ0) is 18.1. The van der Waals surface area contributed by atoms with Crippen LogP contribution in [0.15, 0.2) is 41.0 Å². The first-order valence-electron chi connectivity index (χ1n) is 8.54. The van der Waals surface area contributed by atoms with Crippen molar-refractivity contribution in [2.45, 2.75) is 18.9 Å². The standard InChI is InChI=1S/C19H17BrN4O2/c1-21-17-5-4-14(9-16(17)20)26-15-7-12-10-24(11-13(12)8-15)19(25)18-3-2-6-22-23-18/h2-6,9,12-13,15H,7-8,10-11H2. The average molecular weight is 413 g/mol. The van der Waals surface area contributed by atoms with Gasteiger partial charge in [-0.2, -0.15) is 5.10 Å². The van der Waals surface area contributed by atoms with Crippen molar-refractivity contribution in [1.29, 1.82) is 0 Å². The molecule has 2 aliphatic rings. The second-order valence-electron chi connectivity index (χ2n) is 6.78. The topological polar surface area (TPSA) is 59.7 Å². The van der Waals surface area contributed by atoms with E-state index in [0.717, 1.165) is 36.2 Å². The maximum atomic E-state index is 12.5. The van der Waals surface area contributed by atoms with Gasteiger partial charge in [0.05, 0.1) is 12.7 Å². The van der Waals surface area contributed by atoms with Crippen LogP contribution in [0.4, 0.5) is 5.69 Å². The van der Waals surface area contributed by atoms with Crippen LogP contribution in [0, 0.1) is 18.4 Å². The van der Waals surface area contributed by atoms with Crippen molar-refractivity contribution in [2.24, 2.45) is 11.8 Å². The van der Waals surface area contributed by atoms with Gasteiger partial charge in [-0.15, -0.1) is 5.10 Å². The lowest BCUT2D eigenvalue weighted by molar-refractivity contribution is 0.0763. The molecule has 1 saturated heterocycles. The van der Waals surface area contributed by atoms with Gasteiger partial charge < -0.3 is 9.64 Å². The number of hydrogen-bond acceptors (Lipinski definition) is 4. The summed E-state index contributed by atoms with van der Waals surface area (Å²) in [4.78, 5) is 17.8. The second kappa shape index (κ2) is 7.04. The highest BCUT2D eigenvalue weighted by Gasteiger charge is 2.43. The number of likely N-dealkylation sites (tertiary alicyclic amines) is 1. The van der Waals surface area contributed by atoms with Gasteiger partial charge in [0.15, 0.2) is 5.69 Å². The zero-order valence-electron chi connectivity index (χ0n) is 14.0. The van der Waals surface area contributed by atoms with Crippen molar-refractivity contribution in [3.05, 3.63) is 58.1 Å². The van der Waals surface area contributed by atoms with E-state index in [0.29, 0.717) is 23.2 Å². The normalized spacial score (nSPS) is 24.2. The summed E-state index contributed by atoms with van der Waals surface area (Å²) in [5.41, 5.74) is 0.990. The summed E-state index contributed by atoms with van der Waals surface area (Å²) >= 11 is 3.40. The van der Waals surface area contributed by atoms with E-state index in [-0.39, 0.29) is 12.0 Å². The van der Waals surface area contributed by atoms with Gasteiger partial charge in [0.25, 0.3) is 5.91 Å². The summed E-state index contributed by atoms with van der Waals surface area (Å²) < 4.78 is 6.87. The quantitative estimate of drug-likeness (QED) is 0.720. The van der Waals surface area contributed by atoms with Crippen LogP contribution in [0.2, 0.25) is 0 Å². The predicted octanol–water partition coefficient (Wildman–Crippen LogP) is 3.72. The van der Waals surface area contributed by atoms with Crippen molar-refractivity contribution in [3.63, 3.8) is 0 Å². The Morgan fingerprint density at radius 3 is 2.65 bits per heavy atom. The van der Waals surface area contributed by atoms with E-state index < -0.39 is 0 Å². The molecule has 132 valence electrons. The monoisotopic (exact) mass is 412 g/mol. The molecule has 4 rings (SSSR count).